The number of imidazole rings is 1. The first-order valence-electron chi connectivity index (χ1n) is 13.2. The van der Waals surface area contributed by atoms with E-state index in [2.05, 4.69) is 32.1 Å². The maximum absolute atomic E-state index is 13.4. The third-order valence-corrected chi connectivity index (χ3v) is 6.70. The smallest absolute Gasteiger partial charge is 0.334 e. The molecule has 0 aliphatic rings. The van der Waals surface area contributed by atoms with E-state index in [0.29, 0.717) is 52.6 Å². The Hall–Kier alpha value is -5.17. The molecule has 4 N–H and O–H groups in total. The highest BCUT2D eigenvalue weighted by molar-refractivity contribution is 6.02. The lowest BCUT2D eigenvalue weighted by Gasteiger charge is -2.26. The Morgan fingerprint density at radius 2 is 1.86 bits per heavy atom. The zero-order chi connectivity index (χ0) is 30.6. The molecule has 13 nitrogen and oxygen atoms in total. The highest BCUT2D eigenvalue weighted by Crippen LogP contribution is 2.38. The van der Waals surface area contributed by atoms with Gasteiger partial charge in [0.25, 0.3) is 0 Å². The molecule has 0 saturated heterocycles. The molecule has 0 unspecified atom stereocenters. The number of likely N-dealkylation sites (N-methyl/N-ethyl adjacent to an activating group) is 2. The quantitative estimate of drug-likeness (QED) is 0.217. The number of nitrogens with two attached hydrogens (primary N) is 1. The second-order valence-electron chi connectivity index (χ2n) is 9.78. The zero-order valence-corrected chi connectivity index (χ0v) is 24.3. The first kappa shape index (κ1) is 29.8. The van der Waals surface area contributed by atoms with Gasteiger partial charge in [0.05, 0.1) is 35.2 Å². The normalized spacial score (nSPS) is 11.0. The van der Waals surface area contributed by atoms with Gasteiger partial charge < -0.3 is 30.9 Å². The highest BCUT2D eigenvalue weighted by atomic mass is 16.5. The number of carbonyl (C=O) groups excluding carboxylic acids is 2. The van der Waals surface area contributed by atoms with Crippen LogP contribution in [-0.4, -0.2) is 77.2 Å². The third kappa shape index (κ3) is 6.10. The first-order chi connectivity index (χ1) is 20.1. The maximum atomic E-state index is 13.4. The van der Waals surface area contributed by atoms with Crippen molar-refractivity contribution in [1.29, 1.82) is 0 Å². The molecule has 42 heavy (non-hydrogen) atoms. The van der Waals surface area contributed by atoms with Crippen molar-refractivity contribution in [3.05, 3.63) is 71.3 Å². The average molecular weight is 574 g/mol. The molecule has 0 atom stereocenters. The Morgan fingerprint density at radius 3 is 2.50 bits per heavy atom. The van der Waals surface area contributed by atoms with Crippen molar-refractivity contribution in [2.75, 3.05) is 56.9 Å². The summed E-state index contributed by atoms with van der Waals surface area (Å²) in [5.41, 5.74) is 8.34. The van der Waals surface area contributed by atoms with E-state index in [1.165, 1.54) is 16.8 Å². The van der Waals surface area contributed by atoms with Crippen molar-refractivity contribution < 1.29 is 14.3 Å². The molecular weight excluding hydrogens is 538 g/mol. The molecular formula is C29H35N9O4. The molecule has 0 bridgehead atoms. The number of aryl methyl sites for hydroxylation is 1. The summed E-state index contributed by atoms with van der Waals surface area (Å²) in [5.74, 6) is 0.0592. The Morgan fingerprint density at radius 1 is 1.10 bits per heavy atom. The molecule has 0 radical (unpaired) electrons. The van der Waals surface area contributed by atoms with Gasteiger partial charge in [-0.15, -0.1) is 0 Å². The molecule has 220 valence electrons. The molecule has 2 aromatic carbocycles. The largest absolute Gasteiger partial charge is 0.494 e. The molecule has 2 amide bonds. The number of hydrogen-bond donors (Lipinski definition) is 3. The lowest BCUT2D eigenvalue weighted by atomic mass is 10.2. The number of nitrogens with one attached hydrogen (secondary N) is 2. The van der Waals surface area contributed by atoms with Gasteiger partial charge in [-0.3, -0.25) is 14.2 Å². The number of hydrogen-bond acceptors (Lipinski definition) is 9. The number of benzene rings is 2. The first-order valence-corrected chi connectivity index (χ1v) is 13.2. The molecule has 0 saturated carbocycles. The van der Waals surface area contributed by atoms with E-state index < -0.39 is 5.91 Å². The Kier molecular flexibility index (Phi) is 8.91. The lowest BCUT2D eigenvalue weighted by molar-refractivity contribution is -0.111. The van der Waals surface area contributed by atoms with Gasteiger partial charge in [-0.25, -0.2) is 14.3 Å². The standard InChI is InChI=1S/C29H35N9O4/c1-7-26(39)32-19-16-20(24(42-6)17-22(19)36(5)14-13-35(3)4)33-28-31-12-11-25(34-28)38-21-10-9-18(27(30)40)15-23(21)37(8-2)29(38)41/h7,9-12,15-17H,1,8,13-14H2,2-6H3,(H2,30,40)(H,32,39)(H,31,33,34). The molecule has 13 heteroatoms. The second kappa shape index (κ2) is 12.6. The fourth-order valence-corrected chi connectivity index (χ4v) is 4.50. The minimum absolute atomic E-state index is 0.193. The summed E-state index contributed by atoms with van der Waals surface area (Å²) in [6, 6.07) is 10.0. The fraction of sp³-hybridized carbons (Fsp3) is 0.276. The van der Waals surface area contributed by atoms with Gasteiger partial charge >= 0.3 is 5.69 Å². The molecule has 0 fully saturated rings. The van der Waals surface area contributed by atoms with Crippen LogP contribution in [-0.2, 0) is 11.3 Å². The van der Waals surface area contributed by atoms with E-state index in [4.69, 9.17) is 10.5 Å². The van der Waals surface area contributed by atoms with Crippen LogP contribution in [0, 0.1) is 0 Å². The number of ether oxygens (including phenoxy) is 1. The van der Waals surface area contributed by atoms with Gasteiger partial charge in [-0.05, 0) is 51.4 Å². The monoisotopic (exact) mass is 573 g/mol. The van der Waals surface area contributed by atoms with Crippen LogP contribution in [0.4, 0.5) is 23.0 Å². The van der Waals surface area contributed by atoms with Crippen molar-refractivity contribution in [2.24, 2.45) is 5.73 Å². The summed E-state index contributed by atoms with van der Waals surface area (Å²) in [6.45, 7) is 7.28. The predicted molar refractivity (Wildman–Crippen MR) is 164 cm³/mol. The minimum Gasteiger partial charge on any atom is -0.494 e. The SMILES string of the molecule is C=CC(=O)Nc1cc(Nc2nccc(-n3c(=O)n(CC)c4cc(C(N)=O)ccc43)n2)c(OC)cc1N(C)CCN(C)C. The number of amides is 2. The number of nitrogens with zero attached hydrogens (tertiary/aromatic N) is 6. The van der Waals surface area contributed by atoms with Crippen LogP contribution >= 0.6 is 0 Å². The van der Waals surface area contributed by atoms with E-state index >= 15 is 0 Å². The van der Waals surface area contributed by atoms with Gasteiger partial charge in [0.2, 0.25) is 17.8 Å². The van der Waals surface area contributed by atoms with E-state index in [0.717, 1.165) is 12.2 Å². The van der Waals surface area contributed by atoms with Crippen LogP contribution in [0.3, 0.4) is 0 Å². The molecule has 4 rings (SSSR count). The summed E-state index contributed by atoms with van der Waals surface area (Å²) in [7, 11) is 7.45. The summed E-state index contributed by atoms with van der Waals surface area (Å²) in [5, 5.41) is 6.02. The molecule has 0 aliphatic carbocycles. The van der Waals surface area contributed by atoms with E-state index in [-0.39, 0.29) is 17.5 Å². The number of aromatic nitrogens is 4. The maximum Gasteiger partial charge on any atom is 0.334 e. The number of fused-ring (bicyclic) bond motifs is 1. The molecule has 0 spiro atoms. The van der Waals surface area contributed by atoms with Crippen molar-refractivity contribution >= 4 is 45.9 Å². The van der Waals surface area contributed by atoms with Crippen molar-refractivity contribution in [1.82, 2.24) is 24.0 Å². The van der Waals surface area contributed by atoms with Crippen LogP contribution in [0.5, 0.6) is 5.75 Å². The van der Waals surface area contributed by atoms with E-state index in [1.54, 1.807) is 42.0 Å². The summed E-state index contributed by atoms with van der Waals surface area (Å²) in [6.07, 6.45) is 2.73. The van der Waals surface area contributed by atoms with Gasteiger partial charge in [-0.1, -0.05) is 6.58 Å². The number of rotatable bonds is 12. The van der Waals surface area contributed by atoms with Crippen LogP contribution in [0.1, 0.15) is 17.3 Å². The van der Waals surface area contributed by atoms with Gasteiger partial charge in [0.1, 0.15) is 11.6 Å². The fourth-order valence-electron chi connectivity index (χ4n) is 4.50. The van der Waals surface area contributed by atoms with E-state index in [9.17, 15) is 14.4 Å². The highest BCUT2D eigenvalue weighted by Gasteiger charge is 2.19. The lowest BCUT2D eigenvalue weighted by Crippen LogP contribution is -2.29. The molecule has 2 heterocycles. The van der Waals surface area contributed by atoms with Crippen LogP contribution in [0.15, 0.2) is 60.0 Å². The average Bonchev–Trinajstić information content (AvgIpc) is 3.26. The Balaban J connectivity index is 1.77. The topological polar surface area (TPSA) is 153 Å². The van der Waals surface area contributed by atoms with Crippen LogP contribution in [0.25, 0.3) is 16.9 Å². The number of anilines is 4. The van der Waals surface area contributed by atoms with Crippen molar-refractivity contribution in [3.8, 4) is 11.6 Å². The molecule has 2 aromatic heterocycles. The number of methoxy groups -OCH3 is 1. The van der Waals surface area contributed by atoms with Crippen LogP contribution < -0.4 is 31.7 Å². The summed E-state index contributed by atoms with van der Waals surface area (Å²) in [4.78, 5) is 50.5. The van der Waals surface area contributed by atoms with Gasteiger partial charge in [0.15, 0.2) is 0 Å². The van der Waals surface area contributed by atoms with Crippen LogP contribution in [0.2, 0.25) is 0 Å². The summed E-state index contributed by atoms with van der Waals surface area (Å²) >= 11 is 0. The minimum atomic E-state index is -0.583. The number of carbonyl (C=O) groups is 2. The summed E-state index contributed by atoms with van der Waals surface area (Å²) < 4.78 is 8.67. The van der Waals surface area contributed by atoms with Gasteiger partial charge in [-0.2, -0.15) is 4.98 Å². The third-order valence-electron chi connectivity index (χ3n) is 6.70. The predicted octanol–water partition coefficient (Wildman–Crippen LogP) is 2.58. The molecule has 4 aromatic rings. The Labute approximate surface area is 243 Å². The molecule has 0 aliphatic heterocycles. The second-order valence-corrected chi connectivity index (χ2v) is 9.78. The zero-order valence-electron chi connectivity index (χ0n) is 24.3. The Bertz CT molecular complexity index is 1710. The van der Waals surface area contributed by atoms with Gasteiger partial charge in [0, 0.05) is 50.6 Å². The number of primary amides is 1. The van der Waals surface area contributed by atoms with Crippen molar-refractivity contribution in [2.45, 2.75) is 13.5 Å². The van der Waals surface area contributed by atoms with E-state index in [1.807, 2.05) is 39.0 Å². The van der Waals surface area contributed by atoms with Crippen molar-refractivity contribution in [3.63, 3.8) is 0 Å².